The van der Waals surface area contributed by atoms with Crippen LogP contribution in [0.25, 0.3) is 0 Å². The first-order chi connectivity index (χ1) is 9.75. The fourth-order valence-corrected chi connectivity index (χ4v) is 2.76. The van der Waals surface area contributed by atoms with Crippen LogP contribution in [0.15, 0.2) is 59.6 Å². The number of nitrogens with zero attached hydrogens (tertiary/aromatic N) is 2. The van der Waals surface area contributed by atoms with E-state index >= 15 is 0 Å². The van der Waals surface area contributed by atoms with Gasteiger partial charge in [0.1, 0.15) is 0 Å². The molecule has 1 fully saturated rings. The Labute approximate surface area is 118 Å². The largest absolute Gasteiger partial charge is 0.369 e. The maximum atomic E-state index is 12.0. The number of carbonyl (C=O) groups excluding carboxylic acids is 1. The van der Waals surface area contributed by atoms with Gasteiger partial charge in [0.05, 0.1) is 6.04 Å². The lowest BCUT2D eigenvalue weighted by atomic mass is 9.96. The summed E-state index contributed by atoms with van der Waals surface area (Å²) in [6.07, 6.45) is 9.43. The lowest BCUT2D eigenvalue weighted by molar-refractivity contribution is 0.100. The summed E-state index contributed by atoms with van der Waals surface area (Å²) in [5, 5.41) is 0. The first-order valence-electron chi connectivity index (χ1n) is 6.81. The molecule has 4 nitrogen and oxygen atoms in total. The van der Waals surface area contributed by atoms with Crippen molar-refractivity contribution < 1.29 is 4.79 Å². The van der Waals surface area contributed by atoms with E-state index < -0.39 is 0 Å². The summed E-state index contributed by atoms with van der Waals surface area (Å²) >= 11 is 0. The Hall–Kier alpha value is -2.36. The van der Waals surface area contributed by atoms with E-state index in [1.54, 1.807) is 12.1 Å². The molecular weight excluding hydrogens is 250 g/mol. The Bertz CT molecular complexity index is 589. The van der Waals surface area contributed by atoms with Gasteiger partial charge in [0.2, 0.25) is 0 Å². The van der Waals surface area contributed by atoms with Crippen LogP contribution in [0.4, 0.5) is 0 Å². The van der Waals surface area contributed by atoms with Crippen molar-refractivity contribution in [3.8, 4) is 0 Å². The Balaban J connectivity index is 1.77. The maximum Gasteiger partial charge on any atom is 0.280 e. The third kappa shape index (κ3) is 2.37. The summed E-state index contributed by atoms with van der Waals surface area (Å²) in [6, 6.07) is 9.23. The molecule has 0 bridgehead atoms. The molecule has 2 unspecified atom stereocenters. The van der Waals surface area contributed by atoms with Crippen LogP contribution in [0.5, 0.6) is 0 Å². The van der Waals surface area contributed by atoms with Crippen LogP contribution in [0, 0.1) is 5.92 Å². The standard InChI is InChI=1S/C16H17N3O/c17-16(18-15(20)13-7-2-1-3-8-13)19-11-10-12-6-4-5-9-14(12)19/h1-9,12,14H,10-11H2,(H2,17,18,20). The Morgan fingerprint density at radius 2 is 1.95 bits per heavy atom. The van der Waals surface area contributed by atoms with Crippen molar-refractivity contribution in [2.45, 2.75) is 12.5 Å². The van der Waals surface area contributed by atoms with Crippen LogP contribution in [-0.4, -0.2) is 29.4 Å². The van der Waals surface area contributed by atoms with E-state index in [0.717, 1.165) is 13.0 Å². The molecule has 1 amide bonds. The molecule has 1 saturated heterocycles. The molecule has 0 radical (unpaired) electrons. The number of guanidine groups is 1. The van der Waals surface area contributed by atoms with E-state index in [1.807, 2.05) is 29.2 Å². The van der Waals surface area contributed by atoms with E-state index in [0.29, 0.717) is 17.4 Å². The second-order valence-electron chi connectivity index (χ2n) is 5.05. The molecule has 0 spiro atoms. The highest BCUT2D eigenvalue weighted by atomic mass is 16.1. The maximum absolute atomic E-state index is 12.0. The molecule has 2 aliphatic rings. The van der Waals surface area contributed by atoms with Gasteiger partial charge in [0.15, 0.2) is 5.96 Å². The summed E-state index contributed by atoms with van der Waals surface area (Å²) in [6.45, 7) is 0.835. The quantitative estimate of drug-likeness (QED) is 0.625. The Morgan fingerprint density at radius 1 is 1.20 bits per heavy atom. The third-order valence-electron chi connectivity index (χ3n) is 3.81. The van der Waals surface area contributed by atoms with Gasteiger partial charge in [-0.25, -0.2) is 0 Å². The molecule has 2 atom stereocenters. The number of carbonyl (C=O) groups is 1. The Morgan fingerprint density at radius 3 is 2.75 bits per heavy atom. The molecule has 3 rings (SSSR count). The summed E-state index contributed by atoms with van der Waals surface area (Å²) in [5.74, 6) is 0.494. The van der Waals surface area contributed by atoms with E-state index in [-0.39, 0.29) is 11.9 Å². The number of amides is 1. The van der Waals surface area contributed by atoms with Crippen molar-refractivity contribution >= 4 is 11.9 Å². The first kappa shape index (κ1) is 12.7. The molecule has 4 heteroatoms. The van der Waals surface area contributed by atoms with Gasteiger partial charge in [0.25, 0.3) is 5.91 Å². The van der Waals surface area contributed by atoms with Crippen molar-refractivity contribution in [2.75, 3.05) is 6.54 Å². The fourth-order valence-electron chi connectivity index (χ4n) is 2.76. The normalized spacial score (nSPS) is 24.8. The number of allylic oxidation sites excluding steroid dienone is 2. The van der Waals surface area contributed by atoms with E-state index in [1.165, 1.54) is 0 Å². The zero-order chi connectivity index (χ0) is 13.9. The van der Waals surface area contributed by atoms with E-state index in [2.05, 4.69) is 23.2 Å². The minimum atomic E-state index is -0.290. The average molecular weight is 267 g/mol. The summed E-state index contributed by atoms with van der Waals surface area (Å²) < 4.78 is 0. The molecule has 0 saturated carbocycles. The van der Waals surface area contributed by atoms with Crippen molar-refractivity contribution in [3.05, 3.63) is 60.2 Å². The molecule has 102 valence electrons. The monoisotopic (exact) mass is 267 g/mol. The average Bonchev–Trinajstić information content (AvgIpc) is 2.92. The van der Waals surface area contributed by atoms with Gasteiger partial charge in [-0.2, -0.15) is 4.99 Å². The van der Waals surface area contributed by atoms with E-state index in [9.17, 15) is 4.79 Å². The number of aliphatic imine (C=N–C) groups is 1. The number of nitrogens with two attached hydrogens (primary N) is 1. The summed E-state index contributed by atoms with van der Waals surface area (Å²) in [4.78, 5) is 18.1. The van der Waals surface area contributed by atoms with Crippen LogP contribution in [0.3, 0.4) is 0 Å². The second kappa shape index (κ2) is 5.33. The Kier molecular flexibility index (Phi) is 3.37. The number of hydrogen-bond donors (Lipinski definition) is 1. The van der Waals surface area contributed by atoms with Crippen LogP contribution < -0.4 is 5.73 Å². The first-order valence-corrected chi connectivity index (χ1v) is 6.81. The smallest absolute Gasteiger partial charge is 0.280 e. The number of benzene rings is 1. The van der Waals surface area contributed by atoms with Gasteiger partial charge in [-0.3, -0.25) is 4.79 Å². The third-order valence-corrected chi connectivity index (χ3v) is 3.81. The number of likely N-dealkylation sites (tertiary alicyclic amines) is 1. The highest BCUT2D eigenvalue weighted by Gasteiger charge is 2.33. The van der Waals surface area contributed by atoms with Crippen molar-refractivity contribution in [1.82, 2.24) is 4.90 Å². The second-order valence-corrected chi connectivity index (χ2v) is 5.05. The van der Waals surface area contributed by atoms with Gasteiger partial charge >= 0.3 is 0 Å². The minimum absolute atomic E-state index is 0.229. The molecule has 2 N–H and O–H groups in total. The van der Waals surface area contributed by atoms with Crippen LogP contribution in [0.2, 0.25) is 0 Å². The minimum Gasteiger partial charge on any atom is -0.369 e. The number of fused-ring (bicyclic) bond motifs is 1. The molecule has 1 heterocycles. The number of rotatable bonds is 1. The molecule has 20 heavy (non-hydrogen) atoms. The lowest BCUT2D eigenvalue weighted by Crippen LogP contribution is -2.42. The van der Waals surface area contributed by atoms with Gasteiger partial charge < -0.3 is 10.6 Å². The van der Waals surface area contributed by atoms with Crippen molar-refractivity contribution in [3.63, 3.8) is 0 Å². The fraction of sp³-hybridized carbons (Fsp3) is 0.250. The van der Waals surface area contributed by atoms with Gasteiger partial charge in [-0.05, 0) is 18.6 Å². The van der Waals surface area contributed by atoms with Crippen LogP contribution in [0.1, 0.15) is 16.8 Å². The van der Waals surface area contributed by atoms with Crippen LogP contribution >= 0.6 is 0 Å². The zero-order valence-electron chi connectivity index (χ0n) is 11.1. The molecule has 0 aromatic heterocycles. The lowest BCUT2D eigenvalue weighted by Gasteiger charge is -2.26. The predicted octanol–water partition coefficient (Wildman–Crippen LogP) is 1.96. The molecule has 1 aliphatic heterocycles. The SMILES string of the molecule is NC(=NC(=O)c1ccccc1)N1CCC2C=CC=CC21. The van der Waals surface area contributed by atoms with Crippen LogP contribution in [-0.2, 0) is 0 Å². The molecular formula is C16H17N3O. The summed E-state index contributed by atoms with van der Waals surface area (Å²) in [7, 11) is 0. The number of hydrogen-bond acceptors (Lipinski definition) is 1. The van der Waals surface area contributed by atoms with Crippen molar-refractivity contribution in [1.29, 1.82) is 0 Å². The highest BCUT2D eigenvalue weighted by Crippen LogP contribution is 2.28. The zero-order valence-corrected chi connectivity index (χ0v) is 11.1. The molecule has 1 aromatic rings. The van der Waals surface area contributed by atoms with Gasteiger partial charge in [0, 0.05) is 18.0 Å². The topological polar surface area (TPSA) is 58.7 Å². The van der Waals surface area contributed by atoms with Gasteiger partial charge in [-0.15, -0.1) is 0 Å². The highest BCUT2D eigenvalue weighted by molar-refractivity contribution is 6.02. The molecule has 1 aromatic carbocycles. The summed E-state index contributed by atoms with van der Waals surface area (Å²) in [5.41, 5.74) is 6.58. The molecule has 1 aliphatic carbocycles. The van der Waals surface area contributed by atoms with E-state index in [4.69, 9.17) is 5.73 Å². The van der Waals surface area contributed by atoms with Crippen molar-refractivity contribution in [2.24, 2.45) is 16.6 Å². The van der Waals surface area contributed by atoms with Gasteiger partial charge in [-0.1, -0.05) is 42.5 Å². The predicted molar refractivity (Wildman–Crippen MR) is 79.3 cm³/mol.